The Hall–Kier alpha value is -3.09. The van der Waals surface area contributed by atoms with Crippen LogP contribution in [0.5, 0.6) is 0 Å². The number of carbonyl (C=O) groups excluding carboxylic acids is 3. The molecule has 3 N–H and O–H groups in total. The first-order chi connectivity index (χ1) is 13.1. The van der Waals surface area contributed by atoms with E-state index < -0.39 is 17.9 Å². The van der Waals surface area contributed by atoms with Crippen molar-refractivity contribution in [2.45, 2.75) is 46.1 Å². The van der Waals surface area contributed by atoms with Gasteiger partial charge in [0.15, 0.2) is 5.76 Å². The zero-order chi connectivity index (χ0) is 20.9. The SMILES string of the molecule is CC(C)[C@H](NC(=O)c1ccc(C(C)(C)C)cc1)C(=O)NNC(=O)c1ccco1. The molecule has 0 aliphatic rings. The second-order valence-electron chi connectivity index (χ2n) is 7.94. The summed E-state index contributed by atoms with van der Waals surface area (Å²) in [6, 6.07) is 9.52. The van der Waals surface area contributed by atoms with Gasteiger partial charge in [-0.3, -0.25) is 25.2 Å². The maximum absolute atomic E-state index is 12.6. The van der Waals surface area contributed by atoms with E-state index in [0.717, 1.165) is 5.56 Å². The van der Waals surface area contributed by atoms with Crippen LogP contribution in [0.4, 0.5) is 0 Å². The molecule has 1 atom stereocenters. The number of hydrogen-bond donors (Lipinski definition) is 3. The van der Waals surface area contributed by atoms with Crippen molar-refractivity contribution in [3.05, 3.63) is 59.5 Å². The summed E-state index contributed by atoms with van der Waals surface area (Å²) in [5, 5.41) is 2.72. The molecule has 1 aromatic heterocycles. The lowest BCUT2D eigenvalue weighted by molar-refractivity contribution is -0.124. The van der Waals surface area contributed by atoms with Gasteiger partial charge in [0.1, 0.15) is 6.04 Å². The Bertz CT molecular complexity index is 818. The lowest BCUT2D eigenvalue weighted by Gasteiger charge is -2.22. The van der Waals surface area contributed by atoms with Crippen molar-refractivity contribution in [3.8, 4) is 0 Å². The molecular weight excluding hydrogens is 358 g/mol. The fourth-order valence-electron chi connectivity index (χ4n) is 2.55. The van der Waals surface area contributed by atoms with E-state index in [1.807, 2.05) is 26.0 Å². The van der Waals surface area contributed by atoms with E-state index in [9.17, 15) is 14.4 Å². The molecule has 0 radical (unpaired) electrons. The monoisotopic (exact) mass is 385 g/mol. The molecule has 2 rings (SSSR count). The summed E-state index contributed by atoms with van der Waals surface area (Å²) in [6.45, 7) is 9.90. The molecule has 0 saturated carbocycles. The first-order valence-electron chi connectivity index (χ1n) is 9.14. The Morgan fingerprint density at radius 2 is 1.57 bits per heavy atom. The number of hydrazine groups is 1. The molecule has 1 heterocycles. The molecule has 3 amide bonds. The molecule has 0 aliphatic carbocycles. The molecule has 2 aromatic rings. The molecule has 0 fully saturated rings. The maximum Gasteiger partial charge on any atom is 0.305 e. The second-order valence-corrected chi connectivity index (χ2v) is 7.94. The average Bonchev–Trinajstić information content (AvgIpc) is 3.17. The van der Waals surface area contributed by atoms with Crippen LogP contribution in [0.2, 0.25) is 0 Å². The summed E-state index contributed by atoms with van der Waals surface area (Å²) in [7, 11) is 0. The van der Waals surface area contributed by atoms with Gasteiger partial charge in [0.05, 0.1) is 6.26 Å². The highest BCUT2D eigenvalue weighted by atomic mass is 16.3. The largest absolute Gasteiger partial charge is 0.459 e. The number of nitrogens with one attached hydrogen (secondary N) is 3. The third kappa shape index (κ3) is 5.45. The van der Waals surface area contributed by atoms with Crippen molar-refractivity contribution < 1.29 is 18.8 Å². The van der Waals surface area contributed by atoms with Crippen LogP contribution in [0.1, 0.15) is 61.1 Å². The van der Waals surface area contributed by atoms with Crippen LogP contribution in [-0.2, 0) is 10.2 Å². The first kappa shape index (κ1) is 21.2. The van der Waals surface area contributed by atoms with Gasteiger partial charge >= 0.3 is 5.91 Å². The smallest absolute Gasteiger partial charge is 0.305 e. The highest BCUT2D eigenvalue weighted by Gasteiger charge is 2.25. The Kier molecular flexibility index (Phi) is 6.62. The van der Waals surface area contributed by atoms with E-state index in [4.69, 9.17) is 4.42 Å². The van der Waals surface area contributed by atoms with Crippen LogP contribution in [0.15, 0.2) is 47.1 Å². The van der Waals surface area contributed by atoms with Gasteiger partial charge in [-0.05, 0) is 41.2 Å². The topological polar surface area (TPSA) is 100 Å². The number of benzene rings is 1. The fraction of sp³-hybridized carbons (Fsp3) is 0.381. The predicted octanol–water partition coefficient (Wildman–Crippen LogP) is 2.79. The summed E-state index contributed by atoms with van der Waals surface area (Å²) >= 11 is 0. The highest BCUT2D eigenvalue weighted by Crippen LogP contribution is 2.22. The van der Waals surface area contributed by atoms with Crippen molar-refractivity contribution in [1.29, 1.82) is 0 Å². The molecule has 1 aromatic carbocycles. The normalized spacial score (nSPS) is 12.4. The summed E-state index contributed by atoms with van der Waals surface area (Å²) in [5.74, 6) is -1.56. The van der Waals surface area contributed by atoms with Gasteiger partial charge in [-0.1, -0.05) is 46.8 Å². The summed E-state index contributed by atoms with van der Waals surface area (Å²) in [5.41, 5.74) is 6.16. The standard InChI is InChI=1S/C21H27N3O4/c1-13(2)17(20(27)24-23-19(26)16-7-6-12-28-16)22-18(25)14-8-10-15(11-9-14)21(3,4)5/h6-13,17H,1-5H3,(H,22,25)(H,23,26)(H,24,27)/t17-/m0/s1. The van der Waals surface area contributed by atoms with E-state index in [1.165, 1.54) is 12.3 Å². The number of hydrogen-bond acceptors (Lipinski definition) is 4. The molecule has 7 nitrogen and oxygen atoms in total. The molecule has 0 saturated heterocycles. The van der Waals surface area contributed by atoms with Crippen LogP contribution < -0.4 is 16.2 Å². The van der Waals surface area contributed by atoms with E-state index in [1.54, 1.807) is 18.2 Å². The van der Waals surface area contributed by atoms with E-state index in [-0.39, 0.29) is 23.0 Å². The quantitative estimate of drug-likeness (QED) is 0.689. The van der Waals surface area contributed by atoms with Gasteiger partial charge in [-0.15, -0.1) is 0 Å². The zero-order valence-corrected chi connectivity index (χ0v) is 16.8. The fourth-order valence-corrected chi connectivity index (χ4v) is 2.55. The molecule has 0 spiro atoms. The minimum Gasteiger partial charge on any atom is -0.459 e. The van der Waals surface area contributed by atoms with Gasteiger partial charge in [0, 0.05) is 5.56 Å². The van der Waals surface area contributed by atoms with Crippen molar-refractivity contribution in [1.82, 2.24) is 16.2 Å². The molecule has 0 aliphatic heterocycles. The summed E-state index contributed by atoms with van der Waals surface area (Å²) in [6.07, 6.45) is 1.36. The van der Waals surface area contributed by atoms with Gasteiger partial charge in [-0.25, -0.2) is 0 Å². The molecule has 7 heteroatoms. The minimum atomic E-state index is -0.813. The summed E-state index contributed by atoms with van der Waals surface area (Å²) < 4.78 is 4.96. The average molecular weight is 385 g/mol. The lowest BCUT2D eigenvalue weighted by atomic mass is 9.86. The number of carbonyl (C=O) groups is 3. The van der Waals surface area contributed by atoms with Crippen LogP contribution in [0.25, 0.3) is 0 Å². The molecule has 28 heavy (non-hydrogen) atoms. The van der Waals surface area contributed by atoms with Gasteiger partial charge < -0.3 is 9.73 Å². The van der Waals surface area contributed by atoms with E-state index >= 15 is 0 Å². The second kappa shape index (κ2) is 8.73. The Labute approximate surface area is 164 Å². The predicted molar refractivity (Wildman–Crippen MR) is 106 cm³/mol. The minimum absolute atomic E-state index is 0.0123. The third-order valence-corrected chi connectivity index (χ3v) is 4.29. The first-order valence-corrected chi connectivity index (χ1v) is 9.14. The lowest BCUT2D eigenvalue weighted by Crippen LogP contribution is -2.54. The maximum atomic E-state index is 12.6. The Morgan fingerprint density at radius 1 is 0.929 bits per heavy atom. The molecule has 150 valence electrons. The van der Waals surface area contributed by atoms with Crippen LogP contribution in [-0.4, -0.2) is 23.8 Å². The zero-order valence-electron chi connectivity index (χ0n) is 16.8. The van der Waals surface area contributed by atoms with Crippen molar-refractivity contribution in [2.24, 2.45) is 5.92 Å². The molecule has 0 bridgehead atoms. The van der Waals surface area contributed by atoms with Crippen LogP contribution >= 0.6 is 0 Å². The van der Waals surface area contributed by atoms with Crippen LogP contribution in [0, 0.1) is 5.92 Å². The number of rotatable bonds is 5. The summed E-state index contributed by atoms with van der Waals surface area (Å²) in [4.78, 5) is 36.8. The molecule has 0 unspecified atom stereocenters. The number of amides is 3. The Balaban J connectivity index is 2.00. The van der Waals surface area contributed by atoms with E-state index in [0.29, 0.717) is 5.56 Å². The van der Waals surface area contributed by atoms with Crippen molar-refractivity contribution in [3.63, 3.8) is 0 Å². The Morgan fingerprint density at radius 3 is 2.07 bits per heavy atom. The van der Waals surface area contributed by atoms with Crippen molar-refractivity contribution >= 4 is 17.7 Å². The van der Waals surface area contributed by atoms with Gasteiger partial charge in [0.25, 0.3) is 11.8 Å². The van der Waals surface area contributed by atoms with Gasteiger partial charge in [-0.2, -0.15) is 0 Å². The van der Waals surface area contributed by atoms with Crippen molar-refractivity contribution in [2.75, 3.05) is 0 Å². The van der Waals surface area contributed by atoms with E-state index in [2.05, 4.69) is 36.9 Å². The molecular formula is C21H27N3O4. The third-order valence-electron chi connectivity index (χ3n) is 4.29. The van der Waals surface area contributed by atoms with Crippen LogP contribution in [0.3, 0.4) is 0 Å². The number of furan rings is 1. The van der Waals surface area contributed by atoms with Gasteiger partial charge in [0.2, 0.25) is 0 Å². The highest BCUT2D eigenvalue weighted by molar-refractivity contribution is 5.98.